The van der Waals surface area contributed by atoms with Crippen LogP contribution in [0.4, 0.5) is 18.9 Å². The highest BCUT2D eigenvalue weighted by Gasteiger charge is 2.37. The summed E-state index contributed by atoms with van der Waals surface area (Å²) >= 11 is 5.56. The Morgan fingerprint density at radius 3 is 2.44 bits per heavy atom. The summed E-state index contributed by atoms with van der Waals surface area (Å²) in [7, 11) is 0. The van der Waals surface area contributed by atoms with Gasteiger partial charge in [0.15, 0.2) is 0 Å². The van der Waals surface area contributed by atoms with Crippen molar-refractivity contribution in [2.75, 3.05) is 5.32 Å². The first kappa shape index (κ1) is 20.7. The summed E-state index contributed by atoms with van der Waals surface area (Å²) in [5, 5.41) is 4.46. The fraction of sp³-hybridized carbons (Fsp3) is 0.278. The summed E-state index contributed by atoms with van der Waals surface area (Å²) in [6, 6.07) is 6.46. The molecule has 1 aromatic carbocycles. The van der Waals surface area contributed by atoms with E-state index in [-0.39, 0.29) is 12.2 Å². The zero-order valence-corrected chi connectivity index (χ0v) is 15.3. The van der Waals surface area contributed by atoms with Crippen LogP contribution < -0.4 is 10.6 Å². The number of carbonyl (C=O) groups is 2. The molecule has 0 saturated carbocycles. The quantitative estimate of drug-likeness (QED) is 0.745. The van der Waals surface area contributed by atoms with Gasteiger partial charge in [-0.1, -0.05) is 17.7 Å². The number of hydrogen-bond acceptors (Lipinski definition) is 3. The smallest absolute Gasteiger partial charge is 0.351 e. The molecule has 1 aromatic heterocycles. The van der Waals surface area contributed by atoms with E-state index in [1.807, 2.05) is 0 Å². The molecule has 0 atom stereocenters. The summed E-state index contributed by atoms with van der Waals surface area (Å²) < 4.78 is 38.8. The van der Waals surface area contributed by atoms with Gasteiger partial charge in [0.25, 0.3) is 0 Å². The lowest BCUT2D eigenvalue weighted by molar-refractivity contribution is -0.139. The van der Waals surface area contributed by atoms with Gasteiger partial charge in [-0.2, -0.15) is 13.2 Å². The van der Waals surface area contributed by atoms with E-state index in [0.29, 0.717) is 0 Å². The largest absolute Gasteiger partial charge is 0.417 e. The lowest BCUT2D eigenvalue weighted by Crippen LogP contribution is -2.44. The first-order chi connectivity index (χ1) is 12.5. The van der Waals surface area contributed by atoms with Crippen molar-refractivity contribution in [1.82, 2.24) is 10.3 Å². The standard InChI is InChI=1S/C18H17ClF3N3O2/c1-17(2,15(26)24-10-11-4-3-7-23-9-11)16(27)25-12-5-6-14(19)13(8-12)18(20,21)22/h3-9H,10H2,1-2H3,(H,24,26)(H,25,27). The van der Waals surface area contributed by atoms with Gasteiger partial charge in [-0.15, -0.1) is 0 Å². The SMILES string of the molecule is CC(C)(C(=O)NCc1cccnc1)C(=O)Nc1ccc(Cl)c(C(F)(F)F)c1. The van der Waals surface area contributed by atoms with Crippen LogP contribution in [0.3, 0.4) is 0 Å². The number of pyridine rings is 1. The predicted octanol–water partition coefficient (Wildman–Crippen LogP) is 4.03. The molecule has 0 unspecified atom stereocenters. The van der Waals surface area contributed by atoms with Crippen LogP contribution in [-0.2, 0) is 22.3 Å². The van der Waals surface area contributed by atoms with Gasteiger partial charge >= 0.3 is 6.18 Å². The molecule has 2 rings (SSSR count). The molecule has 144 valence electrons. The number of aromatic nitrogens is 1. The third-order valence-electron chi connectivity index (χ3n) is 3.84. The molecule has 1 heterocycles. The van der Waals surface area contributed by atoms with E-state index in [9.17, 15) is 22.8 Å². The third-order valence-corrected chi connectivity index (χ3v) is 4.17. The minimum atomic E-state index is -4.66. The van der Waals surface area contributed by atoms with Gasteiger partial charge in [-0.3, -0.25) is 14.6 Å². The average Bonchev–Trinajstić information content (AvgIpc) is 2.61. The lowest BCUT2D eigenvalue weighted by Gasteiger charge is -2.23. The number of hydrogen-bond donors (Lipinski definition) is 2. The Kier molecular flexibility index (Phi) is 6.10. The van der Waals surface area contributed by atoms with Crippen LogP contribution in [0, 0.1) is 5.41 Å². The molecule has 0 bridgehead atoms. The number of benzene rings is 1. The predicted molar refractivity (Wildman–Crippen MR) is 94.9 cm³/mol. The highest BCUT2D eigenvalue weighted by molar-refractivity contribution is 6.31. The number of carbonyl (C=O) groups excluding carboxylic acids is 2. The van der Waals surface area contributed by atoms with Crippen LogP contribution in [0.5, 0.6) is 0 Å². The van der Waals surface area contributed by atoms with Crippen LogP contribution >= 0.6 is 11.6 Å². The minimum absolute atomic E-state index is 0.107. The Hall–Kier alpha value is -2.61. The average molecular weight is 400 g/mol. The van der Waals surface area contributed by atoms with Gasteiger partial charge in [0.05, 0.1) is 10.6 Å². The minimum Gasteiger partial charge on any atom is -0.351 e. The van der Waals surface area contributed by atoms with Gasteiger partial charge in [-0.25, -0.2) is 0 Å². The molecular formula is C18H17ClF3N3O2. The Bertz CT molecular complexity index is 839. The van der Waals surface area contributed by atoms with Crippen LogP contribution in [0.2, 0.25) is 5.02 Å². The molecule has 5 nitrogen and oxygen atoms in total. The zero-order chi connectivity index (χ0) is 20.2. The number of anilines is 1. The molecule has 0 radical (unpaired) electrons. The Morgan fingerprint density at radius 2 is 1.85 bits per heavy atom. The maximum Gasteiger partial charge on any atom is 0.417 e. The summed E-state index contributed by atoms with van der Waals surface area (Å²) in [5.74, 6) is -1.32. The Labute approximate surface area is 158 Å². The van der Waals surface area contributed by atoms with E-state index in [0.717, 1.165) is 17.7 Å². The molecule has 0 aliphatic heterocycles. The van der Waals surface area contributed by atoms with E-state index in [4.69, 9.17) is 11.6 Å². The molecule has 9 heteroatoms. The molecule has 0 aliphatic carbocycles. The van der Waals surface area contributed by atoms with Crippen molar-refractivity contribution in [2.45, 2.75) is 26.6 Å². The zero-order valence-electron chi connectivity index (χ0n) is 14.5. The van der Waals surface area contributed by atoms with Crippen molar-refractivity contribution in [3.63, 3.8) is 0 Å². The van der Waals surface area contributed by atoms with E-state index in [2.05, 4.69) is 15.6 Å². The molecule has 0 fully saturated rings. The van der Waals surface area contributed by atoms with Crippen molar-refractivity contribution in [3.8, 4) is 0 Å². The Balaban J connectivity index is 2.08. The van der Waals surface area contributed by atoms with E-state index in [1.54, 1.807) is 24.5 Å². The number of nitrogens with zero attached hydrogens (tertiary/aromatic N) is 1. The monoisotopic (exact) mass is 399 g/mol. The molecule has 2 amide bonds. The second-order valence-corrected chi connectivity index (χ2v) is 6.72. The second-order valence-electron chi connectivity index (χ2n) is 6.32. The third kappa shape index (κ3) is 5.19. The van der Waals surface area contributed by atoms with Crippen LogP contribution in [-0.4, -0.2) is 16.8 Å². The highest BCUT2D eigenvalue weighted by Crippen LogP contribution is 2.36. The summed E-state index contributed by atoms with van der Waals surface area (Å²) in [6.45, 7) is 2.92. The summed E-state index contributed by atoms with van der Waals surface area (Å²) in [5.41, 5.74) is -1.94. The molecule has 0 spiro atoms. The number of rotatable bonds is 5. The molecule has 0 saturated heterocycles. The summed E-state index contributed by atoms with van der Waals surface area (Å²) in [6.07, 6.45) is -1.50. The van der Waals surface area contributed by atoms with Crippen molar-refractivity contribution in [3.05, 3.63) is 58.9 Å². The van der Waals surface area contributed by atoms with E-state index < -0.39 is 34.0 Å². The van der Waals surface area contributed by atoms with Crippen molar-refractivity contribution in [1.29, 1.82) is 0 Å². The molecule has 2 aromatic rings. The highest BCUT2D eigenvalue weighted by atomic mass is 35.5. The normalized spacial score (nSPS) is 11.8. The van der Waals surface area contributed by atoms with Gasteiger partial charge in [0, 0.05) is 24.6 Å². The van der Waals surface area contributed by atoms with Gasteiger partial charge in [0.2, 0.25) is 11.8 Å². The first-order valence-electron chi connectivity index (χ1n) is 7.87. The van der Waals surface area contributed by atoms with E-state index >= 15 is 0 Å². The van der Waals surface area contributed by atoms with Crippen molar-refractivity contribution < 1.29 is 22.8 Å². The maximum absolute atomic E-state index is 12.9. The number of nitrogens with one attached hydrogen (secondary N) is 2. The first-order valence-corrected chi connectivity index (χ1v) is 8.25. The fourth-order valence-electron chi connectivity index (χ4n) is 2.12. The van der Waals surface area contributed by atoms with Gasteiger partial charge in [-0.05, 0) is 43.7 Å². The topological polar surface area (TPSA) is 71.1 Å². The van der Waals surface area contributed by atoms with Crippen LogP contribution in [0.25, 0.3) is 0 Å². The van der Waals surface area contributed by atoms with Gasteiger partial charge < -0.3 is 10.6 Å². The fourth-order valence-corrected chi connectivity index (χ4v) is 2.34. The molecule has 0 aliphatic rings. The van der Waals surface area contributed by atoms with Crippen LogP contribution in [0.1, 0.15) is 25.0 Å². The molecular weight excluding hydrogens is 383 g/mol. The van der Waals surface area contributed by atoms with Crippen molar-refractivity contribution >= 4 is 29.1 Å². The molecule has 27 heavy (non-hydrogen) atoms. The van der Waals surface area contributed by atoms with Gasteiger partial charge in [0.1, 0.15) is 5.41 Å². The number of amides is 2. The van der Waals surface area contributed by atoms with Crippen LogP contribution in [0.15, 0.2) is 42.7 Å². The summed E-state index contributed by atoms with van der Waals surface area (Å²) in [4.78, 5) is 28.7. The second kappa shape index (κ2) is 7.96. The Morgan fingerprint density at radius 1 is 1.15 bits per heavy atom. The number of alkyl halides is 3. The lowest BCUT2D eigenvalue weighted by atomic mass is 9.90. The number of halogens is 4. The molecule has 2 N–H and O–H groups in total. The van der Waals surface area contributed by atoms with E-state index in [1.165, 1.54) is 19.9 Å². The maximum atomic E-state index is 12.9. The van der Waals surface area contributed by atoms with Crippen molar-refractivity contribution in [2.24, 2.45) is 5.41 Å².